The summed E-state index contributed by atoms with van der Waals surface area (Å²) in [6.45, 7) is 6.66. The van der Waals surface area contributed by atoms with E-state index in [1.807, 2.05) is 20.8 Å². The molecule has 0 spiro atoms. The average Bonchev–Trinajstić information content (AvgIpc) is 2.41. The normalized spacial score (nSPS) is 10.2. The van der Waals surface area contributed by atoms with Crippen LogP contribution in [0, 0.1) is 11.6 Å². The van der Waals surface area contributed by atoms with Crippen molar-refractivity contribution in [2.45, 2.75) is 40.0 Å². The van der Waals surface area contributed by atoms with Crippen molar-refractivity contribution >= 4 is 0 Å². The largest absolute Gasteiger partial charge is 0.490 e. The van der Waals surface area contributed by atoms with Gasteiger partial charge in [-0.15, -0.1) is 0 Å². The van der Waals surface area contributed by atoms with Gasteiger partial charge >= 0.3 is 0 Å². The zero-order chi connectivity index (χ0) is 15.0. The van der Waals surface area contributed by atoms with Gasteiger partial charge in [0.15, 0.2) is 11.5 Å². The third-order valence-electron chi connectivity index (χ3n) is 2.63. The summed E-state index contributed by atoms with van der Waals surface area (Å²) in [6, 6.07) is 2.81. The molecule has 0 saturated heterocycles. The predicted octanol–water partition coefficient (Wildman–Crippen LogP) is 4.88. The molecule has 112 valence electrons. The Balaban J connectivity index is 2.55. The van der Waals surface area contributed by atoms with Crippen LogP contribution in [0.25, 0.3) is 0 Å². The smallest absolute Gasteiger partial charge is 0.204 e. The fraction of sp³-hybridized carbons (Fsp3) is 0.500. The summed E-state index contributed by atoms with van der Waals surface area (Å²) in [7, 11) is 0. The van der Waals surface area contributed by atoms with Gasteiger partial charge in [-0.25, -0.2) is 0 Å². The molecule has 1 rings (SSSR count). The SMILES string of the molecule is CCCOc1ccc(OCCCC=C(C)C)c(F)c1F. The van der Waals surface area contributed by atoms with Gasteiger partial charge in [0.25, 0.3) is 0 Å². The monoisotopic (exact) mass is 284 g/mol. The topological polar surface area (TPSA) is 18.5 Å². The Morgan fingerprint density at radius 1 is 1.05 bits per heavy atom. The first-order valence-electron chi connectivity index (χ1n) is 6.93. The summed E-state index contributed by atoms with van der Waals surface area (Å²) in [5.41, 5.74) is 1.24. The van der Waals surface area contributed by atoms with Gasteiger partial charge in [0.05, 0.1) is 13.2 Å². The van der Waals surface area contributed by atoms with Gasteiger partial charge in [0, 0.05) is 0 Å². The lowest BCUT2D eigenvalue weighted by Gasteiger charge is -2.10. The highest BCUT2D eigenvalue weighted by Gasteiger charge is 2.15. The number of ether oxygens (including phenoxy) is 2. The predicted molar refractivity (Wildman–Crippen MR) is 76.3 cm³/mol. The minimum atomic E-state index is -0.986. The van der Waals surface area contributed by atoms with Crippen molar-refractivity contribution in [3.63, 3.8) is 0 Å². The highest BCUT2D eigenvalue weighted by Crippen LogP contribution is 2.27. The summed E-state index contributed by atoms with van der Waals surface area (Å²) in [6.07, 6.45) is 4.45. The maximum atomic E-state index is 13.7. The Kier molecular flexibility index (Phi) is 7.05. The number of unbranched alkanes of at least 4 members (excludes halogenated alkanes) is 1. The van der Waals surface area contributed by atoms with Crippen LogP contribution in [0.15, 0.2) is 23.8 Å². The van der Waals surface area contributed by atoms with E-state index in [-0.39, 0.29) is 11.5 Å². The van der Waals surface area contributed by atoms with Crippen LogP contribution in [0.1, 0.15) is 40.0 Å². The maximum Gasteiger partial charge on any atom is 0.204 e. The third kappa shape index (κ3) is 5.19. The number of hydrogen-bond acceptors (Lipinski definition) is 2. The van der Waals surface area contributed by atoms with E-state index < -0.39 is 11.6 Å². The molecule has 0 atom stereocenters. The fourth-order valence-corrected chi connectivity index (χ4v) is 1.61. The number of halogens is 2. The molecule has 0 amide bonds. The van der Waals surface area contributed by atoms with Crippen molar-refractivity contribution in [3.8, 4) is 11.5 Å². The van der Waals surface area contributed by atoms with Crippen LogP contribution in [0.4, 0.5) is 8.78 Å². The quantitative estimate of drug-likeness (QED) is 0.500. The van der Waals surface area contributed by atoms with Crippen LogP contribution in [0.3, 0.4) is 0 Å². The average molecular weight is 284 g/mol. The van der Waals surface area contributed by atoms with E-state index in [0.29, 0.717) is 13.2 Å². The molecule has 2 nitrogen and oxygen atoms in total. The number of benzene rings is 1. The standard InChI is InChI=1S/C16H22F2O2/c1-4-10-19-13-8-9-14(16(18)15(13)17)20-11-6-5-7-12(2)3/h7-9H,4-6,10-11H2,1-3H3. The molecule has 0 aromatic heterocycles. The lowest BCUT2D eigenvalue weighted by molar-refractivity contribution is 0.273. The molecule has 0 fully saturated rings. The molecular weight excluding hydrogens is 262 g/mol. The summed E-state index contributed by atoms with van der Waals surface area (Å²) in [4.78, 5) is 0. The Morgan fingerprint density at radius 3 is 2.10 bits per heavy atom. The second-order valence-electron chi connectivity index (χ2n) is 4.81. The van der Waals surface area contributed by atoms with Crippen molar-refractivity contribution in [1.29, 1.82) is 0 Å². The summed E-state index contributed by atoms with van der Waals surface area (Å²) in [5, 5.41) is 0. The molecule has 1 aromatic carbocycles. The van der Waals surface area contributed by atoms with Crippen molar-refractivity contribution in [1.82, 2.24) is 0 Å². The van der Waals surface area contributed by atoms with Crippen LogP contribution in [0.5, 0.6) is 11.5 Å². The van der Waals surface area contributed by atoms with E-state index in [0.717, 1.165) is 19.3 Å². The molecule has 4 heteroatoms. The van der Waals surface area contributed by atoms with E-state index in [9.17, 15) is 8.78 Å². The Bertz CT molecular complexity index is 452. The zero-order valence-corrected chi connectivity index (χ0v) is 12.3. The van der Waals surface area contributed by atoms with Gasteiger partial charge in [-0.2, -0.15) is 8.78 Å². The van der Waals surface area contributed by atoms with Gasteiger partial charge < -0.3 is 9.47 Å². The zero-order valence-electron chi connectivity index (χ0n) is 12.3. The van der Waals surface area contributed by atoms with Gasteiger partial charge in [-0.05, 0) is 45.2 Å². The summed E-state index contributed by atoms with van der Waals surface area (Å²) >= 11 is 0. The highest BCUT2D eigenvalue weighted by molar-refractivity contribution is 5.35. The molecule has 0 radical (unpaired) electrons. The maximum absolute atomic E-state index is 13.7. The Labute approximate surface area is 119 Å². The molecule has 0 saturated carbocycles. The van der Waals surface area contributed by atoms with Gasteiger partial charge in [0.1, 0.15) is 0 Å². The molecule has 0 unspecified atom stereocenters. The van der Waals surface area contributed by atoms with Gasteiger partial charge in [0.2, 0.25) is 11.6 Å². The van der Waals surface area contributed by atoms with Crippen LogP contribution in [0.2, 0.25) is 0 Å². The van der Waals surface area contributed by atoms with E-state index in [4.69, 9.17) is 9.47 Å². The molecule has 0 aliphatic carbocycles. The molecular formula is C16H22F2O2. The molecule has 20 heavy (non-hydrogen) atoms. The minimum absolute atomic E-state index is 0.0662. The van der Waals surface area contributed by atoms with E-state index in [1.165, 1.54) is 17.7 Å². The number of rotatable bonds is 8. The lowest BCUT2D eigenvalue weighted by atomic mass is 10.2. The first kappa shape index (κ1) is 16.5. The molecule has 1 aromatic rings. The molecule has 0 aliphatic rings. The van der Waals surface area contributed by atoms with Crippen molar-refractivity contribution in [2.75, 3.05) is 13.2 Å². The van der Waals surface area contributed by atoms with E-state index >= 15 is 0 Å². The second kappa shape index (κ2) is 8.56. The van der Waals surface area contributed by atoms with E-state index in [1.54, 1.807) is 0 Å². The van der Waals surface area contributed by atoms with Crippen LogP contribution >= 0.6 is 0 Å². The highest BCUT2D eigenvalue weighted by atomic mass is 19.2. The van der Waals surface area contributed by atoms with Crippen LogP contribution in [-0.2, 0) is 0 Å². The molecule has 0 heterocycles. The molecule has 0 N–H and O–H groups in total. The Hall–Kier alpha value is -1.58. The van der Waals surface area contributed by atoms with Crippen molar-refractivity contribution in [3.05, 3.63) is 35.4 Å². The van der Waals surface area contributed by atoms with Crippen molar-refractivity contribution in [2.24, 2.45) is 0 Å². The first-order valence-corrected chi connectivity index (χ1v) is 6.93. The fourth-order valence-electron chi connectivity index (χ4n) is 1.61. The first-order chi connectivity index (χ1) is 9.56. The molecule has 0 aliphatic heterocycles. The number of hydrogen-bond donors (Lipinski definition) is 0. The Morgan fingerprint density at radius 2 is 1.60 bits per heavy atom. The van der Waals surface area contributed by atoms with Crippen LogP contribution in [-0.4, -0.2) is 13.2 Å². The lowest BCUT2D eigenvalue weighted by Crippen LogP contribution is -2.03. The molecule has 0 bridgehead atoms. The van der Waals surface area contributed by atoms with Gasteiger partial charge in [-0.3, -0.25) is 0 Å². The second-order valence-corrected chi connectivity index (χ2v) is 4.81. The minimum Gasteiger partial charge on any atom is -0.490 e. The van der Waals surface area contributed by atoms with E-state index in [2.05, 4.69) is 6.08 Å². The number of allylic oxidation sites excluding steroid dienone is 2. The summed E-state index contributed by atoms with van der Waals surface area (Å²) in [5.74, 6) is -2.11. The summed E-state index contributed by atoms with van der Waals surface area (Å²) < 4.78 is 37.8. The van der Waals surface area contributed by atoms with Crippen LogP contribution < -0.4 is 9.47 Å². The third-order valence-corrected chi connectivity index (χ3v) is 2.63. The van der Waals surface area contributed by atoms with Gasteiger partial charge in [-0.1, -0.05) is 18.6 Å². The van der Waals surface area contributed by atoms with Crippen molar-refractivity contribution < 1.29 is 18.3 Å².